The van der Waals surface area contributed by atoms with Gasteiger partial charge in [-0.15, -0.1) is 13.2 Å². The zero-order valence-electron chi connectivity index (χ0n) is 10.7. The molecule has 5 nitrogen and oxygen atoms in total. The summed E-state index contributed by atoms with van der Waals surface area (Å²) >= 11 is 0. The van der Waals surface area contributed by atoms with E-state index in [1.165, 1.54) is 12.1 Å². The van der Waals surface area contributed by atoms with Crippen LogP contribution in [0.15, 0.2) is 30.6 Å². The number of hydrogen-bond acceptors (Lipinski definition) is 4. The first-order valence-electron chi connectivity index (χ1n) is 5.83. The summed E-state index contributed by atoms with van der Waals surface area (Å²) in [5.41, 5.74) is 0.417. The average molecular weight is 286 g/mol. The highest BCUT2D eigenvalue weighted by Crippen LogP contribution is 2.26. The van der Waals surface area contributed by atoms with Crippen LogP contribution in [0.5, 0.6) is 5.75 Å². The lowest BCUT2D eigenvalue weighted by atomic mass is 10.2. The molecule has 0 aliphatic rings. The predicted molar refractivity (Wildman–Crippen MR) is 64.7 cm³/mol. The van der Waals surface area contributed by atoms with E-state index in [0.717, 1.165) is 0 Å². The largest absolute Gasteiger partial charge is 0.573 e. The van der Waals surface area contributed by atoms with Gasteiger partial charge < -0.3 is 10.1 Å². The van der Waals surface area contributed by atoms with Crippen LogP contribution in [-0.2, 0) is 20.1 Å². The molecule has 0 fully saturated rings. The number of nitrogens with zero attached hydrogens (tertiary/aromatic N) is 3. The summed E-state index contributed by atoms with van der Waals surface area (Å²) in [6.45, 7) is 0.589. The Balaban J connectivity index is 1.95. The van der Waals surface area contributed by atoms with Crippen molar-refractivity contribution in [3.63, 3.8) is 0 Å². The molecular weight excluding hydrogens is 273 g/mol. The summed E-state index contributed by atoms with van der Waals surface area (Å²) in [5, 5.41) is 7.03. The van der Waals surface area contributed by atoms with E-state index in [9.17, 15) is 13.2 Å². The molecule has 0 radical (unpaired) electrons. The van der Waals surface area contributed by atoms with Gasteiger partial charge in [0.2, 0.25) is 0 Å². The van der Waals surface area contributed by atoms with E-state index in [0.29, 0.717) is 17.9 Å². The van der Waals surface area contributed by atoms with Crippen LogP contribution < -0.4 is 10.1 Å². The normalized spacial score (nSPS) is 11.6. The van der Waals surface area contributed by atoms with Crippen LogP contribution in [0.4, 0.5) is 13.2 Å². The van der Waals surface area contributed by atoms with Gasteiger partial charge in [0.15, 0.2) is 5.82 Å². The summed E-state index contributed by atoms with van der Waals surface area (Å²) in [5.74, 6) is 0.364. The van der Waals surface area contributed by atoms with Crippen LogP contribution in [0.2, 0.25) is 0 Å². The molecule has 8 heteroatoms. The standard InChI is InChI=1S/C12H13F3N4O/c1-19-8-17-11(18-19)7-16-6-9-4-2-3-5-10(9)20-12(13,14)15/h2-5,8,16H,6-7H2,1H3. The molecular formula is C12H13F3N4O. The maximum atomic E-state index is 12.2. The Morgan fingerprint density at radius 2 is 2.00 bits per heavy atom. The molecule has 20 heavy (non-hydrogen) atoms. The number of ether oxygens (including phenoxy) is 1. The van der Waals surface area contributed by atoms with Crippen molar-refractivity contribution >= 4 is 0 Å². The Morgan fingerprint density at radius 1 is 1.25 bits per heavy atom. The van der Waals surface area contributed by atoms with E-state index < -0.39 is 6.36 Å². The highest BCUT2D eigenvalue weighted by atomic mass is 19.4. The van der Waals surface area contributed by atoms with Crippen LogP contribution in [0.25, 0.3) is 0 Å². The second-order valence-corrected chi connectivity index (χ2v) is 4.09. The molecule has 108 valence electrons. The third-order valence-electron chi connectivity index (χ3n) is 2.44. The van der Waals surface area contributed by atoms with Gasteiger partial charge in [0.25, 0.3) is 0 Å². The summed E-state index contributed by atoms with van der Waals surface area (Å²) in [6, 6.07) is 5.99. The number of para-hydroxylation sites is 1. The summed E-state index contributed by atoms with van der Waals surface area (Å²) in [7, 11) is 1.74. The van der Waals surface area contributed by atoms with Crippen molar-refractivity contribution in [1.82, 2.24) is 20.1 Å². The van der Waals surface area contributed by atoms with Crippen LogP contribution >= 0.6 is 0 Å². The third-order valence-corrected chi connectivity index (χ3v) is 2.44. The lowest BCUT2D eigenvalue weighted by molar-refractivity contribution is -0.274. The molecule has 1 aromatic carbocycles. The van der Waals surface area contributed by atoms with E-state index in [1.54, 1.807) is 30.2 Å². The number of alkyl halides is 3. The zero-order chi connectivity index (χ0) is 14.6. The molecule has 1 aromatic heterocycles. The van der Waals surface area contributed by atoms with E-state index in [2.05, 4.69) is 20.1 Å². The van der Waals surface area contributed by atoms with Crippen molar-refractivity contribution in [2.75, 3.05) is 0 Å². The molecule has 0 aliphatic carbocycles. The van der Waals surface area contributed by atoms with Gasteiger partial charge in [-0.2, -0.15) is 5.10 Å². The fraction of sp³-hybridized carbons (Fsp3) is 0.333. The SMILES string of the molecule is Cn1cnc(CNCc2ccccc2OC(F)(F)F)n1. The Kier molecular flexibility index (Phi) is 4.23. The molecule has 0 spiro atoms. The molecule has 0 saturated heterocycles. The molecule has 1 N–H and O–H groups in total. The lowest BCUT2D eigenvalue weighted by Gasteiger charge is -2.13. The Labute approximate surface area is 113 Å². The summed E-state index contributed by atoms with van der Waals surface area (Å²) in [4.78, 5) is 4.01. The second-order valence-electron chi connectivity index (χ2n) is 4.09. The molecule has 0 bridgehead atoms. The van der Waals surface area contributed by atoms with E-state index >= 15 is 0 Å². The predicted octanol–water partition coefficient (Wildman–Crippen LogP) is 2.00. The summed E-state index contributed by atoms with van der Waals surface area (Å²) < 4.78 is 42.3. The fourth-order valence-electron chi connectivity index (χ4n) is 1.65. The van der Waals surface area contributed by atoms with Gasteiger partial charge >= 0.3 is 6.36 Å². The molecule has 2 rings (SSSR count). The number of rotatable bonds is 5. The summed E-state index contributed by atoms with van der Waals surface area (Å²) in [6.07, 6.45) is -3.14. The van der Waals surface area contributed by atoms with Gasteiger partial charge in [0.1, 0.15) is 12.1 Å². The first-order chi connectivity index (χ1) is 9.44. The molecule has 0 unspecified atom stereocenters. The number of benzene rings is 1. The highest BCUT2D eigenvalue weighted by molar-refractivity contribution is 5.33. The molecule has 0 atom stereocenters. The Morgan fingerprint density at radius 3 is 2.65 bits per heavy atom. The highest BCUT2D eigenvalue weighted by Gasteiger charge is 2.31. The molecule has 0 amide bonds. The second kappa shape index (κ2) is 5.91. The van der Waals surface area contributed by atoms with E-state index in [4.69, 9.17) is 0 Å². The van der Waals surface area contributed by atoms with Gasteiger partial charge in [0.05, 0.1) is 6.54 Å². The Hall–Kier alpha value is -2.09. The smallest absolute Gasteiger partial charge is 0.405 e. The van der Waals surface area contributed by atoms with Crippen molar-refractivity contribution in [2.45, 2.75) is 19.5 Å². The minimum atomic E-state index is -4.70. The molecule has 0 aliphatic heterocycles. The maximum absolute atomic E-state index is 12.2. The topological polar surface area (TPSA) is 52.0 Å². The number of aromatic nitrogens is 3. The minimum absolute atomic E-state index is 0.207. The molecule has 0 saturated carbocycles. The minimum Gasteiger partial charge on any atom is -0.405 e. The van der Waals surface area contributed by atoms with E-state index in [1.807, 2.05) is 0 Å². The first kappa shape index (κ1) is 14.3. The van der Waals surface area contributed by atoms with Crippen molar-refractivity contribution in [2.24, 2.45) is 7.05 Å². The van der Waals surface area contributed by atoms with Crippen molar-refractivity contribution in [3.05, 3.63) is 42.0 Å². The number of aryl methyl sites for hydroxylation is 1. The first-order valence-corrected chi connectivity index (χ1v) is 5.83. The van der Waals surface area contributed by atoms with Crippen molar-refractivity contribution < 1.29 is 17.9 Å². The zero-order valence-corrected chi connectivity index (χ0v) is 10.7. The van der Waals surface area contributed by atoms with E-state index in [-0.39, 0.29) is 12.3 Å². The van der Waals surface area contributed by atoms with Gasteiger partial charge in [0, 0.05) is 19.2 Å². The average Bonchev–Trinajstić information content (AvgIpc) is 2.75. The molecule has 2 aromatic rings. The number of halogens is 3. The maximum Gasteiger partial charge on any atom is 0.573 e. The van der Waals surface area contributed by atoms with Crippen molar-refractivity contribution in [1.29, 1.82) is 0 Å². The third kappa shape index (κ3) is 4.23. The monoisotopic (exact) mass is 286 g/mol. The fourth-order valence-corrected chi connectivity index (χ4v) is 1.65. The van der Waals surface area contributed by atoms with Crippen LogP contribution in [0.1, 0.15) is 11.4 Å². The van der Waals surface area contributed by atoms with Crippen molar-refractivity contribution in [3.8, 4) is 5.75 Å². The van der Waals surface area contributed by atoms with Gasteiger partial charge in [-0.05, 0) is 6.07 Å². The molecule has 1 heterocycles. The van der Waals surface area contributed by atoms with Gasteiger partial charge in [-0.3, -0.25) is 4.68 Å². The van der Waals surface area contributed by atoms with Gasteiger partial charge in [-0.25, -0.2) is 4.98 Å². The number of nitrogens with one attached hydrogen (secondary N) is 1. The van der Waals surface area contributed by atoms with Crippen LogP contribution in [0, 0.1) is 0 Å². The van der Waals surface area contributed by atoms with Gasteiger partial charge in [-0.1, -0.05) is 18.2 Å². The lowest BCUT2D eigenvalue weighted by Crippen LogP contribution is -2.20. The quantitative estimate of drug-likeness (QED) is 0.913. The van der Waals surface area contributed by atoms with Crippen LogP contribution in [-0.4, -0.2) is 21.1 Å². The van der Waals surface area contributed by atoms with Crippen LogP contribution in [0.3, 0.4) is 0 Å². The Bertz CT molecular complexity index is 568. The number of hydrogen-bond donors (Lipinski definition) is 1.